The summed E-state index contributed by atoms with van der Waals surface area (Å²) in [5, 5.41) is 3.53. The van der Waals surface area contributed by atoms with Crippen molar-refractivity contribution in [2.45, 2.75) is 26.3 Å². The number of hydrogen-bond donors (Lipinski definition) is 2. The fourth-order valence-corrected chi connectivity index (χ4v) is 2.39. The number of rotatable bonds is 4. The molecule has 0 spiro atoms. The Bertz CT molecular complexity index is 698. The number of fused-ring (bicyclic) bond motifs is 1. The molecule has 3 heteroatoms. The molecule has 1 unspecified atom stereocenters. The van der Waals surface area contributed by atoms with Gasteiger partial charge in [-0.2, -0.15) is 0 Å². The molecule has 1 heterocycles. The predicted molar refractivity (Wildman–Crippen MR) is 84.0 cm³/mol. The molecule has 2 aromatic carbocycles. The molecule has 0 fully saturated rings. The minimum atomic E-state index is 0.259. The molecule has 3 nitrogen and oxygen atoms in total. The van der Waals surface area contributed by atoms with Crippen LogP contribution in [0.1, 0.15) is 31.0 Å². The average molecular weight is 265 g/mol. The summed E-state index contributed by atoms with van der Waals surface area (Å²) in [4.78, 5) is 7.40. The van der Waals surface area contributed by atoms with Crippen LogP contribution in [-0.4, -0.2) is 9.97 Å². The van der Waals surface area contributed by atoms with Crippen molar-refractivity contribution in [1.29, 1.82) is 0 Å². The summed E-state index contributed by atoms with van der Waals surface area (Å²) < 4.78 is 0. The first-order valence-electron chi connectivity index (χ1n) is 7.05. The van der Waals surface area contributed by atoms with E-state index in [1.54, 1.807) is 6.33 Å². The maximum atomic E-state index is 4.25. The molecule has 1 atom stereocenters. The lowest BCUT2D eigenvalue weighted by atomic mass is 10.1. The first-order valence-corrected chi connectivity index (χ1v) is 7.05. The van der Waals surface area contributed by atoms with Crippen LogP contribution >= 0.6 is 0 Å². The van der Waals surface area contributed by atoms with E-state index >= 15 is 0 Å². The van der Waals surface area contributed by atoms with Crippen molar-refractivity contribution in [2.75, 3.05) is 5.32 Å². The minimum Gasteiger partial charge on any atom is -0.379 e. The van der Waals surface area contributed by atoms with Gasteiger partial charge in [0.15, 0.2) is 0 Å². The number of nitrogens with zero attached hydrogens (tertiary/aromatic N) is 1. The summed E-state index contributed by atoms with van der Waals surface area (Å²) in [5.41, 5.74) is 5.86. The van der Waals surface area contributed by atoms with Gasteiger partial charge in [-0.25, -0.2) is 4.98 Å². The van der Waals surface area contributed by atoms with E-state index in [0.717, 1.165) is 23.1 Å². The molecule has 0 saturated carbocycles. The maximum absolute atomic E-state index is 4.25. The molecule has 2 N–H and O–H groups in total. The number of aromatic nitrogens is 2. The Kier molecular flexibility index (Phi) is 3.42. The smallest absolute Gasteiger partial charge is 0.0931 e. The number of benzene rings is 2. The lowest BCUT2D eigenvalue weighted by molar-refractivity contribution is 0.886. The molecule has 3 aromatic rings. The summed E-state index contributed by atoms with van der Waals surface area (Å²) in [5.74, 6) is 0. The minimum absolute atomic E-state index is 0.259. The molecule has 1 aromatic heterocycles. The summed E-state index contributed by atoms with van der Waals surface area (Å²) >= 11 is 0. The third-order valence-electron chi connectivity index (χ3n) is 3.69. The predicted octanol–water partition coefficient (Wildman–Crippen LogP) is 4.30. The van der Waals surface area contributed by atoms with Gasteiger partial charge in [-0.3, -0.25) is 0 Å². The summed E-state index contributed by atoms with van der Waals surface area (Å²) in [6.07, 6.45) is 2.81. The normalized spacial score (nSPS) is 12.5. The lowest BCUT2D eigenvalue weighted by Crippen LogP contribution is -2.06. The first kappa shape index (κ1) is 12.7. The molecule has 0 aliphatic heterocycles. The van der Waals surface area contributed by atoms with Gasteiger partial charge in [0, 0.05) is 11.7 Å². The van der Waals surface area contributed by atoms with E-state index in [1.165, 1.54) is 11.1 Å². The highest BCUT2D eigenvalue weighted by Crippen LogP contribution is 2.22. The Hall–Kier alpha value is -2.29. The number of nitrogens with one attached hydrogen (secondary N) is 2. The maximum Gasteiger partial charge on any atom is 0.0931 e. The van der Waals surface area contributed by atoms with Crippen LogP contribution in [0.25, 0.3) is 11.0 Å². The van der Waals surface area contributed by atoms with Crippen LogP contribution in [0.3, 0.4) is 0 Å². The number of imidazole rings is 1. The fraction of sp³-hybridized carbons (Fsp3) is 0.235. The van der Waals surface area contributed by atoms with Gasteiger partial charge in [-0.05, 0) is 48.7 Å². The summed E-state index contributed by atoms with van der Waals surface area (Å²) in [6.45, 7) is 4.34. The van der Waals surface area contributed by atoms with Gasteiger partial charge < -0.3 is 10.3 Å². The number of hydrogen-bond acceptors (Lipinski definition) is 2. The van der Waals surface area contributed by atoms with E-state index in [9.17, 15) is 0 Å². The second-order valence-electron chi connectivity index (χ2n) is 5.10. The van der Waals surface area contributed by atoms with E-state index in [0.29, 0.717) is 0 Å². The summed E-state index contributed by atoms with van der Waals surface area (Å²) in [7, 11) is 0. The fourth-order valence-electron chi connectivity index (χ4n) is 2.39. The van der Waals surface area contributed by atoms with E-state index in [2.05, 4.69) is 71.6 Å². The first-order chi connectivity index (χ1) is 9.76. The van der Waals surface area contributed by atoms with Crippen molar-refractivity contribution in [1.82, 2.24) is 9.97 Å². The molecule has 0 saturated heterocycles. The van der Waals surface area contributed by atoms with Gasteiger partial charge in [0.25, 0.3) is 0 Å². The highest BCUT2D eigenvalue weighted by Gasteiger charge is 2.07. The van der Waals surface area contributed by atoms with Crippen LogP contribution in [0.2, 0.25) is 0 Å². The van der Waals surface area contributed by atoms with Crippen molar-refractivity contribution in [2.24, 2.45) is 0 Å². The molecule has 3 rings (SSSR count). The highest BCUT2D eigenvalue weighted by molar-refractivity contribution is 5.75. The Balaban J connectivity index is 1.78. The van der Waals surface area contributed by atoms with Gasteiger partial charge in [-0.1, -0.05) is 25.1 Å². The van der Waals surface area contributed by atoms with E-state index in [-0.39, 0.29) is 6.04 Å². The van der Waals surface area contributed by atoms with Crippen molar-refractivity contribution in [3.8, 4) is 0 Å². The van der Waals surface area contributed by atoms with Crippen molar-refractivity contribution < 1.29 is 0 Å². The van der Waals surface area contributed by atoms with Gasteiger partial charge in [-0.15, -0.1) is 0 Å². The number of aromatic amines is 1. The van der Waals surface area contributed by atoms with Crippen LogP contribution in [-0.2, 0) is 6.42 Å². The molecule has 102 valence electrons. The molecule has 0 radical (unpaired) electrons. The third-order valence-corrected chi connectivity index (χ3v) is 3.69. The Labute approximate surface area is 119 Å². The molecular formula is C17H19N3. The van der Waals surface area contributed by atoms with Crippen LogP contribution in [0.5, 0.6) is 0 Å². The third kappa shape index (κ3) is 2.52. The molecule has 0 bridgehead atoms. The topological polar surface area (TPSA) is 40.7 Å². The molecule has 0 aliphatic rings. The second-order valence-corrected chi connectivity index (χ2v) is 5.10. The van der Waals surface area contributed by atoms with Crippen LogP contribution in [0, 0.1) is 0 Å². The number of anilines is 1. The molecule has 0 aliphatic carbocycles. The average Bonchev–Trinajstić information content (AvgIpc) is 2.95. The zero-order valence-electron chi connectivity index (χ0n) is 11.9. The van der Waals surface area contributed by atoms with Crippen molar-refractivity contribution in [3.05, 3.63) is 59.9 Å². The molecular weight excluding hydrogens is 246 g/mol. The van der Waals surface area contributed by atoms with Gasteiger partial charge in [0.1, 0.15) is 0 Å². The van der Waals surface area contributed by atoms with Gasteiger partial charge in [0.2, 0.25) is 0 Å². The Morgan fingerprint density at radius 3 is 2.70 bits per heavy atom. The summed E-state index contributed by atoms with van der Waals surface area (Å²) in [6, 6.07) is 15.2. The largest absolute Gasteiger partial charge is 0.379 e. The lowest BCUT2D eigenvalue weighted by Gasteiger charge is -2.16. The van der Waals surface area contributed by atoms with Gasteiger partial charge >= 0.3 is 0 Å². The molecule has 0 amide bonds. The number of H-pyrrole nitrogens is 1. The second kappa shape index (κ2) is 5.37. The Morgan fingerprint density at radius 1 is 1.15 bits per heavy atom. The van der Waals surface area contributed by atoms with Gasteiger partial charge in [0.05, 0.1) is 17.4 Å². The van der Waals surface area contributed by atoms with E-state index in [4.69, 9.17) is 0 Å². The van der Waals surface area contributed by atoms with Crippen LogP contribution in [0.4, 0.5) is 5.69 Å². The zero-order valence-corrected chi connectivity index (χ0v) is 11.9. The highest BCUT2D eigenvalue weighted by atomic mass is 14.9. The van der Waals surface area contributed by atoms with Crippen molar-refractivity contribution >= 4 is 16.7 Å². The van der Waals surface area contributed by atoms with Crippen molar-refractivity contribution in [3.63, 3.8) is 0 Å². The van der Waals surface area contributed by atoms with Crippen LogP contribution < -0.4 is 5.32 Å². The number of aryl methyl sites for hydroxylation is 1. The Morgan fingerprint density at radius 2 is 1.95 bits per heavy atom. The zero-order chi connectivity index (χ0) is 13.9. The monoisotopic (exact) mass is 265 g/mol. The molecule has 20 heavy (non-hydrogen) atoms. The van der Waals surface area contributed by atoms with Crippen LogP contribution in [0.15, 0.2) is 48.8 Å². The quantitative estimate of drug-likeness (QED) is 0.738. The van der Waals surface area contributed by atoms with E-state index < -0.39 is 0 Å². The SMILES string of the molecule is CCc1ccc(NC(C)c2ccc3nc[nH]c3c2)cc1. The standard InChI is InChI=1S/C17H19N3/c1-3-13-4-7-15(8-5-13)20-12(2)14-6-9-16-17(10-14)19-11-18-16/h4-12,20H,3H2,1-2H3,(H,18,19). The van der Waals surface area contributed by atoms with E-state index in [1.807, 2.05) is 0 Å².